The van der Waals surface area contributed by atoms with Gasteiger partial charge in [-0.05, 0) is 31.9 Å². The first kappa shape index (κ1) is 12.3. The van der Waals surface area contributed by atoms with Gasteiger partial charge in [-0.25, -0.2) is 0 Å². The van der Waals surface area contributed by atoms with Crippen molar-refractivity contribution < 1.29 is 5.11 Å². The monoisotopic (exact) mass is 227 g/mol. The van der Waals surface area contributed by atoms with E-state index in [0.717, 1.165) is 31.1 Å². The number of nitrogens with zero attached hydrogens (tertiary/aromatic N) is 3. The fourth-order valence-electron chi connectivity index (χ4n) is 1.86. The van der Waals surface area contributed by atoms with E-state index < -0.39 is 0 Å². The minimum absolute atomic E-state index is 0.224. The Hall–Kier alpha value is -0.730. The van der Waals surface area contributed by atoms with Crippen molar-refractivity contribution in [1.82, 2.24) is 4.90 Å². The summed E-state index contributed by atoms with van der Waals surface area (Å²) in [7, 11) is 0. The molecule has 1 unspecified atom stereocenters. The number of aliphatic hydroxyl groups is 1. The van der Waals surface area contributed by atoms with Crippen molar-refractivity contribution in [1.29, 1.82) is 5.26 Å². The SMILES string of the molecule is CSC(=NC#N)N1CCC(C(C)O)CC1. The van der Waals surface area contributed by atoms with Gasteiger partial charge in [0.25, 0.3) is 0 Å². The van der Waals surface area contributed by atoms with Gasteiger partial charge in [0.15, 0.2) is 5.17 Å². The van der Waals surface area contributed by atoms with Gasteiger partial charge >= 0.3 is 0 Å². The maximum Gasteiger partial charge on any atom is 0.208 e. The Bertz CT molecular complexity index is 264. The molecule has 84 valence electrons. The van der Waals surface area contributed by atoms with Gasteiger partial charge in [-0.3, -0.25) is 0 Å². The molecule has 1 heterocycles. The maximum atomic E-state index is 9.46. The van der Waals surface area contributed by atoms with Crippen LogP contribution in [-0.4, -0.2) is 40.6 Å². The van der Waals surface area contributed by atoms with Crippen molar-refractivity contribution in [3.63, 3.8) is 0 Å². The highest BCUT2D eigenvalue weighted by atomic mass is 32.2. The summed E-state index contributed by atoms with van der Waals surface area (Å²) in [5.41, 5.74) is 0. The maximum absolute atomic E-state index is 9.46. The predicted molar refractivity (Wildman–Crippen MR) is 62.5 cm³/mol. The standard InChI is InChI=1S/C10H17N3OS/c1-8(14)9-3-5-13(6-4-9)10(15-2)12-7-11/h8-9,14H,3-6H2,1-2H3. The van der Waals surface area contributed by atoms with Crippen LogP contribution in [0.15, 0.2) is 4.99 Å². The lowest BCUT2D eigenvalue weighted by Gasteiger charge is -2.34. The molecular formula is C10H17N3OS. The molecule has 1 N–H and O–H groups in total. The fourth-order valence-corrected chi connectivity index (χ4v) is 2.43. The molecule has 4 nitrogen and oxygen atoms in total. The van der Waals surface area contributed by atoms with Crippen LogP contribution < -0.4 is 0 Å². The van der Waals surface area contributed by atoms with E-state index in [9.17, 15) is 5.11 Å². The van der Waals surface area contributed by atoms with E-state index >= 15 is 0 Å². The van der Waals surface area contributed by atoms with E-state index in [2.05, 4.69) is 9.89 Å². The number of thioether (sulfide) groups is 1. The second kappa shape index (κ2) is 5.99. The van der Waals surface area contributed by atoms with Gasteiger partial charge in [-0.1, -0.05) is 11.8 Å². The molecule has 5 heteroatoms. The Morgan fingerprint density at radius 3 is 2.60 bits per heavy atom. The Morgan fingerprint density at radius 2 is 2.20 bits per heavy atom. The minimum Gasteiger partial charge on any atom is -0.393 e. The molecule has 0 radical (unpaired) electrons. The Labute approximate surface area is 95.0 Å². The number of amidine groups is 1. The molecule has 1 aliphatic heterocycles. The van der Waals surface area contributed by atoms with E-state index in [1.807, 2.05) is 19.4 Å². The van der Waals surface area contributed by atoms with Gasteiger partial charge in [0.2, 0.25) is 6.19 Å². The summed E-state index contributed by atoms with van der Waals surface area (Å²) >= 11 is 1.50. The van der Waals surface area contributed by atoms with Gasteiger partial charge < -0.3 is 10.0 Å². The number of aliphatic imine (C=N–C) groups is 1. The Morgan fingerprint density at radius 1 is 1.60 bits per heavy atom. The predicted octanol–water partition coefficient (Wildman–Crippen LogP) is 1.28. The molecule has 1 saturated heterocycles. The first-order valence-corrected chi connectivity index (χ1v) is 6.35. The smallest absolute Gasteiger partial charge is 0.208 e. The summed E-state index contributed by atoms with van der Waals surface area (Å²) in [5, 5.41) is 18.8. The number of hydrogen-bond donors (Lipinski definition) is 1. The molecule has 1 atom stereocenters. The van der Waals surface area contributed by atoms with Crippen LogP contribution in [0.25, 0.3) is 0 Å². The summed E-state index contributed by atoms with van der Waals surface area (Å²) in [6.45, 7) is 3.62. The molecule has 0 aromatic rings. The van der Waals surface area contributed by atoms with Crippen molar-refractivity contribution >= 4 is 16.9 Å². The van der Waals surface area contributed by atoms with E-state index in [1.54, 1.807) is 0 Å². The summed E-state index contributed by atoms with van der Waals surface area (Å²) in [4.78, 5) is 5.90. The molecule has 15 heavy (non-hydrogen) atoms. The van der Waals surface area contributed by atoms with Gasteiger partial charge in [-0.2, -0.15) is 5.26 Å². The Balaban J connectivity index is 2.50. The van der Waals surface area contributed by atoms with Crippen LogP contribution in [0.2, 0.25) is 0 Å². The second-order valence-corrected chi connectivity index (χ2v) is 4.54. The third kappa shape index (κ3) is 3.40. The summed E-state index contributed by atoms with van der Waals surface area (Å²) in [6.07, 6.45) is 5.48. The zero-order valence-electron chi connectivity index (χ0n) is 9.18. The second-order valence-electron chi connectivity index (χ2n) is 3.76. The van der Waals surface area contributed by atoms with Crippen LogP contribution in [0.1, 0.15) is 19.8 Å². The van der Waals surface area contributed by atoms with Crippen molar-refractivity contribution in [2.24, 2.45) is 10.9 Å². The highest BCUT2D eigenvalue weighted by molar-refractivity contribution is 8.13. The van der Waals surface area contributed by atoms with Gasteiger partial charge in [-0.15, -0.1) is 4.99 Å². The van der Waals surface area contributed by atoms with E-state index in [-0.39, 0.29) is 6.10 Å². The fraction of sp³-hybridized carbons (Fsp3) is 0.800. The molecule has 0 aliphatic carbocycles. The van der Waals surface area contributed by atoms with Crippen LogP contribution in [0.4, 0.5) is 0 Å². The van der Waals surface area contributed by atoms with Crippen LogP contribution in [-0.2, 0) is 0 Å². The highest BCUT2D eigenvalue weighted by Crippen LogP contribution is 2.22. The van der Waals surface area contributed by atoms with Crippen molar-refractivity contribution in [2.45, 2.75) is 25.9 Å². The number of likely N-dealkylation sites (tertiary alicyclic amines) is 1. The van der Waals surface area contributed by atoms with Crippen LogP contribution in [0.5, 0.6) is 0 Å². The average molecular weight is 227 g/mol. The van der Waals surface area contributed by atoms with Gasteiger partial charge in [0, 0.05) is 13.1 Å². The van der Waals surface area contributed by atoms with Crippen molar-refractivity contribution in [2.75, 3.05) is 19.3 Å². The Kier molecular flexibility index (Phi) is 4.92. The number of rotatable bonds is 1. The zero-order valence-corrected chi connectivity index (χ0v) is 10.00. The largest absolute Gasteiger partial charge is 0.393 e. The first-order valence-electron chi connectivity index (χ1n) is 5.12. The van der Waals surface area contributed by atoms with Crippen LogP contribution in [0, 0.1) is 17.4 Å². The number of piperidine rings is 1. The molecular weight excluding hydrogens is 210 g/mol. The number of aliphatic hydroxyl groups excluding tert-OH is 1. The normalized spacial score (nSPS) is 21.2. The topological polar surface area (TPSA) is 59.6 Å². The summed E-state index contributed by atoms with van der Waals surface area (Å²) in [5.74, 6) is 0.395. The zero-order chi connectivity index (χ0) is 11.3. The lowest BCUT2D eigenvalue weighted by Crippen LogP contribution is -2.39. The average Bonchev–Trinajstić information content (AvgIpc) is 2.26. The molecule has 0 saturated carbocycles. The summed E-state index contributed by atoms with van der Waals surface area (Å²) < 4.78 is 0. The minimum atomic E-state index is -0.224. The van der Waals surface area contributed by atoms with Crippen LogP contribution in [0.3, 0.4) is 0 Å². The lowest BCUT2D eigenvalue weighted by molar-refractivity contribution is 0.0896. The quantitative estimate of drug-likeness (QED) is 0.416. The molecule has 0 aromatic heterocycles. The molecule has 1 fully saturated rings. The third-order valence-electron chi connectivity index (χ3n) is 2.82. The highest BCUT2D eigenvalue weighted by Gasteiger charge is 2.24. The van der Waals surface area contributed by atoms with E-state index in [4.69, 9.17) is 5.26 Å². The first-order chi connectivity index (χ1) is 7.19. The van der Waals surface area contributed by atoms with Crippen LogP contribution >= 0.6 is 11.8 Å². The molecule has 0 amide bonds. The van der Waals surface area contributed by atoms with E-state index in [1.165, 1.54) is 11.8 Å². The number of hydrogen-bond acceptors (Lipinski definition) is 4. The van der Waals surface area contributed by atoms with E-state index in [0.29, 0.717) is 5.92 Å². The lowest BCUT2D eigenvalue weighted by atomic mass is 9.92. The van der Waals surface area contributed by atoms with Gasteiger partial charge in [0.1, 0.15) is 0 Å². The molecule has 1 rings (SSSR count). The molecule has 0 spiro atoms. The third-order valence-corrected chi connectivity index (χ3v) is 3.54. The molecule has 0 aromatic carbocycles. The van der Waals surface area contributed by atoms with Crippen molar-refractivity contribution in [3.8, 4) is 6.19 Å². The van der Waals surface area contributed by atoms with Gasteiger partial charge in [0.05, 0.1) is 6.10 Å². The molecule has 1 aliphatic rings. The summed E-state index contributed by atoms with van der Waals surface area (Å²) in [6, 6.07) is 0. The van der Waals surface area contributed by atoms with Crippen molar-refractivity contribution in [3.05, 3.63) is 0 Å². The number of nitriles is 1. The molecule has 0 bridgehead atoms.